The van der Waals surface area contributed by atoms with Crippen molar-refractivity contribution in [3.8, 4) is 11.5 Å². The van der Waals surface area contributed by atoms with E-state index in [0.717, 1.165) is 31.0 Å². The van der Waals surface area contributed by atoms with Crippen LogP contribution in [-0.4, -0.2) is 27.3 Å². The van der Waals surface area contributed by atoms with Crippen molar-refractivity contribution >= 4 is 11.3 Å². The maximum atomic E-state index is 5.49. The summed E-state index contributed by atoms with van der Waals surface area (Å²) in [5, 5.41) is 3.55. The Morgan fingerprint density at radius 2 is 1.90 bits per heavy atom. The minimum atomic E-state index is 0.390. The van der Waals surface area contributed by atoms with E-state index in [1.807, 2.05) is 11.3 Å². The molecule has 1 N–H and O–H groups in total. The molecule has 112 valence electrons. The molecule has 0 bridgehead atoms. The summed E-state index contributed by atoms with van der Waals surface area (Å²) in [6.45, 7) is 4.14. The fraction of sp³-hybridized carbons (Fsp3) is 0.412. The van der Waals surface area contributed by atoms with Crippen LogP contribution in [-0.2, 0) is 6.42 Å². The first-order valence-electron chi connectivity index (χ1n) is 7.24. The van der Waals surface area contributed by atoms with Crippen LogP contribution in [0.1, 0.15) is 26.8 Å². The van der Waals surface area contributed by atoms with Crippen molar-refractivity contribution in [2.24, 2.45) is 0 Å². The topological polar surface area (TPSA) is 30.5 Å². The van der Waals surface area contributed by atoms with Crippen LogP contribution in [0.25, 0.3) is 0 Å². The lowest BCUT2D eigenvalue weighted by atomic mass is 9.92. The van der Waals surface area contributed by atoms with Gasteiger partial charge in [0, 0.05) is 22.2 Å². The molecular weight excluding hydrogens is 282 g/mol. The summed E-state index contributed by atoms with van der Waals surface area (Å²) >= 11 is 1.88. The first-order chi connectivity index (χ1) is 10.2. The maximum absolute atomic E-state index is 5.49. The number of hydrogen-bond donors (Lipinski definition) is 1. The van der Waals surface area contributed by atoms with Crippen LogP contribution in [0.4, 0.5) is 0 Å². The number of fused-ring (bicyclic) bond motifs is 1. The molecule has 21 heavy (non-hydrogen) atoms. The van der Waals surface area contributed by atoms with Gasteiger partial charge in [0.15, 0.2) is 11.5 Å². The van der Waals surface area contributed by atoms with Gasteiger partial charge in [-0.1, -0.05) is 0 Å². The minimum absolute atomic E-state index is 0.390. The molecule has 1 unspecified atom stereocenters. The highest BCUT2D eigenvalue weighted by atomic mass is 32.1. The Balaban J connectivity index is 2.10. The normalized spacial score (nSPS) is 18.0. The molecule has 0 radical (unpaired) electrons. The van der Waals surface area contributed by atoms with Gasteiger partial charge >= 0.3 is 0 Å². The number of nitrogens with one attached hydrogen (secondary N) is 1. The van der Waals surface area contributed by atoms with Gasteiger partial charge in [-0.15, -0.1) is 11.3 Å². The Hall–Kier alpha value is -1.52. The molecular formula is C17H21NO2S. The van der Waals surface area contributed by atoms with Crippen LogP contribution in [0.5, 0.6) is 11.5 Å². The van der Waals surface area contributed by atoms with E-state index in [2.05, 4.69) is 36.5 Å². The second-order valence-electron chi connectivity index (χ2n) is 5.36. The van der Waals surface area contributed by atoms with Crippen LogP contribution in [0, 0.1) is 6.92 Å². The Bertz CT molecular complexity index is 636. The molecule has 1 aromatic heterocycles. The Morgan fingerprint density at radius 1 is 1.14 bits per heavy atom. The molecule has 0 amide bonds. The van der Waals surface area contributed by atoms with Crippen molar-refractivity contribution < 1.29 is 9.47 Å². The maximum Gasteiger partial charge on any atom is 0.161 e. The van der Waals surface area contributed by atoms with Gasteiger partial charge in [0.25, 0.3) is 0 Å². The lowest BCUT2D eigenvalue weighted by molar-refractivity contribution is 0.354. The Labute approximate surface area is 129 Å². The summed E-state index contributed by atoms with van der Waals surface area (Å²) in [7, 11) is 3.39. The number of aryl methyl sites for hydroxylation is 1. The molecule has 1 aromatic carbocycles. The Morgan fingerprint density at radius 3 is 2.57 bits per heavy atom. The van der Waals surface area contributed by atoms with Gasteiger partial charge in [-0.25, -0.2) is 0 Å². The first-order valence-corrected chi connectivity index (χ1v) is 8.06. The van der Waals surface area contributed by atoms with Crippen molar-refractivity contribution in [2.45, 2.75) is 19.3 Å². The van der Waals surface area contributed by atoms with E-state index in [-0.39, 0.29) is 0 Å². The molecule has 1 aliphatic rings. The summed E-state index contributed by atoms with van der Waals surface area (Å²) < 4.78 is 10.9. The summed E-state index contributed by atoms with van der Waals surface area (Å²) in [5.74, 6) is 2.02. The highest BCUT2D eigenvalue weighted by molar-refractivity contribution is 7.12. The molecule has 3 nitrogen and oxygen atoms in total. The SMILES string of the molecule is COc1cc2c(cc1OC)C(c1ccc(C)s1)CNCC2. The second kappa shape index (κ2) is 6.08. The highest BCUT2D eigenvalue weighted by Crippen LogP contribution is 2.39. The van der Waals surface area contributed by atoms with Crippen LogP contribution in [0.2, 0.25) is 0 Å². The van der Waals surface area contributed by atoms with E-state index < -0.39 is 0 Å². The van der Waals surface area contributed by atoms with Crippen molar-refractivity contribution in [3.63, 3.8) is 0 Å². The summed E-state index contributed by atoms with van der Waals surface area (Å²) in [6, 6.07) is 8.74. The predicted molar refractivity (Wildman–Crippen MR) is 87.0 cm³/mol. The standard InChI is InChI=1S/C17H21NO2S/c1-11-4-5-17(21-11)14-10-18-7-6-12-8-15(19-2)16(20-3)9-13(12)14/h4-5,8-9,14,18H,6-7,10H2,1-3H3. The molecule has 2 aromatic rings. The number of thiophene rings is 1. The van der Waals surface area contributed by atoms with Crippen molar-refractivity contribution in [1.82, 2.24) is 5.32 Å². The third kappa shape index (κ3) is 2.78. The van der Waals surface area contributed by atoms with E-state index >= 15 is 0 Å². The largest absolute Gasteiger partial charge is 0.493 e. The van der Waals surface area contributed by atoms with E-state index in [9.17, 15) is 0 Å². The third-order valence-corrected chi connectivity index (χ3v) is 5.16. The molecule has 2 heterocycles. The van der Waals surface area contributed by atoms with Crippen LogP contribution in [0.3, 0.4) is 0 Å². The van der Waals surface area contributed by atoms with E-state index in [4.69, 9.17) is 9.47 Å². The summed E-state index contributed by atoms with van der Waals surface area (Å²) in [5.41, 5.74) is 2.72. The van der Waals surface area contributed by atoms with Gasteiger partial charge in [-0.3, -0.25) is 0 Å². The van der Waals surface area contributed by atoms with Gasteiger partial charge in [0.2, 0.25) is 0 Å². The molecule has 0 saturated carbocycles. The molecule has 1 aliphatic heterocycles. The van der Waals surface area contributed by atoms with Crippen molar-refractivity contribution in [3.05, 3.63) is 45.1 Å². The smallest absolute Gasteiger partial charge is 0.161 e. The van der Waals surface area contributed by atoms with Gasteiger partial charge in [0.05, 0.1) is 14.2 Å². The average molecular weight is 303 g/mol. The lowest BCUT2D eigenvalue weighted by Crippen LogP contribution is -2.20. The number of hydrogen-bond acceptors (Lipinski definition) is 4. The number of rotatable bonds is 3. The zero-order valence-electron chi connectivity index (χ0n) is 12.7. The fourth-order valence-corrected chi connectivity index (χ4v) is 3.95. The van der Waals surface area contributed by atoms with Gasteiger partial charge in [0.1, 0.15) is 0 Å². The monoisotopic (exact) mass is 303 g/mol. The molecule has 1 atom stereocenters. The first kappa shape index (κ1) is 14.4. The number of methoxy groups -OCH3 is 2. The Kier molecular flexibility index (Phi) is 4.17. The fourth-order valence-electron chi connectivity index (χ4n) is 2.95. The number of ether oxygens (including phenoxy) is 2. The third-order valence-electron chi connectivity index (χ3n) is 4.04. The van der Waals surface area contributed by atoms with Crippen molar-refractivity contribution in [2.75, 3.05) is 27.3 Å². The second-order valence-corrected chi connectivity index (χ2v) is 6.68. The molecule has 0 saturated heterocycles. The lowest BCUT2D eigenvalue weighted by Gasteiger charge is -2.19. The zero-order valence-corrected chi connectivity index (χ0v) is 13.5. The van der Waals surface area contributed by atoms with Crippen molar-refractivity contribution in [1.29, 1.82) is 0 Å². The van der Waals surface area contributed by atoms with Crippen LogP contribution < -0.4 is 14.8 Å². The highest BCUT2D eigenvalue weighted by Gasteiger charge is 2.23. The molecule has 0 aliphatic carbocycles. The van der Waals surface area contributed by atoms with Gasteiger partial charge in [-0.05, 0) is 55.3 Å². The quantitative estimate of drug-likeness (QED) is 0.943. The van der Waals surface area contributed by atoms with Crippen LogP contribution >= 0.6 is 11.3 Å². The number of benzene rings is 1. The average Bonchev–Trinajstić information content (AvgIpc) is 2.82. The van der Waals surface area contributed by atoms with E-state index in [1.165, 1.54) is 20.9 Å². The van der Waals surface area contributed by atoms with Gasteiger partial charge in [-0.2, -0.15) is 0 Å². The van der Waals surface area contributed by atoms with Gasteiger partial charge < -0.3 is 14.8 Å². The molecule has 3 rings (SSSR count). The molecule has 0 spiro atoms. The minimum Gasteiger partial charge on any atom is -0.493 e. The summed E-state index contributed by atoms with van der Waals surface area (Å²) in [6.07, 6.45) is 1.02. The predicted octanol–water partition coefficient (Wildman–Crippen LogP) is 3.35. The van der Waals surface area contributed by atoms with E-state index in [0.29, 0.717) is 5.92 Å². The molecule has 4 heteroatoms. The zero-order chi connectivity index (χ0) is 14.8. The van der Waals surface area contributed by atoms with Crippen LogP contribution in [0.15, 0.2) is 24.3 Å². The summed E-state index contributed by atoms with van der Waals surface area (Å²) in [4.78, 5) is 2.77. The molecule has 0 fully saturated rings. The van der Waals surface area contributed by atoms with E-state index in [1.54, 1.807) is 14.2 Å².